The summed E-state index contributed by atoms with van der Waals surface area (Å²) in [4.78, 5) is 26.7. The molecule has 3 fully saturated rings. The van der Waals surface area contributed by atoms with Gasteiger partial charge in [0, 0.05) is 35.3 Å². The zero-order chi connectivity index (χ0) is 26.3. The predicted octanol–water partition coefficient (Wildman–Crippen LogP) is 3.56. The molecule has 1 aromatic carbocycles. The van der Waals surface area contributed by atoms with E-state index < -0.39 is 11.5 Å². The summed E-state index contributed by atoms with van der Waals surface area (Å²) >= 11 is 6.29. The van der Waals surface area contributed by atoms with Crippen molar-refractivity contribution in [2.75, 3.05) is 18.8 Å². The van der Waals surface area contributed by atoms with Gasteiger partial charge in [-0.1, -0.05) is 29.8 Å². The molecule has 2 aliphatic carbocycles. The molecule has 4 atom stereocenters. The SMILES string of the molecule is CC(C)(C)OC(=O)N1CC2[C@@H]3[C@H](n4nc(-c5cnn(Cc6ccccc6Cl)c5)c(C(N)=O)c4N)C[C@]23C1. The molecule has 0 radical (unpaired) electrons. The second kappa shape index (κ2) is 7.98. The maximum absolute atomic E-state index is 12.5. The molecular formula is C26H30ClN7O3. The Bertz CT molecular complexity index is 1420. The fourth-order valence-corrected chi connectivity index (χ4v) is 6.57. The van der Waals surface area contributed by atoms with Gasteiger partial charge in [-0.05, 0) is 50.7 Å². The molecule has 10 nitrogen and oxygen atoms in total. The van der Waals surface area contributed by atoms with E-state index in [4.69, 9.17) is 32.9 Å². The fraction of sp³-hybridized carbons (Fsp3) is 0.462. The highest BCUT2D eigenvalue weighted by Gasteiger charge is 2.79. The van der Waals surface area contributed by atoms with Crippen LogP contribution in [0.5, 0.6) is 0 Å². The monoisotopic (exact) mass is 523 g/mol. The number of hydrogen-bond donors (Lipinski definition) is 2. The number of amides is 2. The summed E-state index contributed by atoms with van der Waals surface area (Å²) in [6.45, 7) is 7.44. The second-order valence-electron chi connectivity index (χ2n) is 11.4. The molecule has 3 aliphatic rings. The van der Waals surface area contributed by atoms with Crippen molar-refractivity contribution < 1.29 is 14.3 Å². The molecule has 2 saturated carbocycles. The first-order valence-electron chi connectivity index (χ1n) is 12.4. The lowest BCUT2D eigenvalue weighted by molar-refractivity contribution is 0.0190. The number of nitrogens with two attached hydrogens (primary N) is 2. The number of nitrogens with zero attached hydrogens (tertiary/aromatic N) is 5. The molecule has 37 heavy (non-hydrogen) atoms. The highest BCUT2D eigenvalue weighted by atomic mass is 35.5. The zero-order valence-electron chi connectivity index (χ0n) is 21.0. The Kier molecular flexibility index (Phi) is 5.14. The number of hydrogen-bond acceptors (Lipinski definition) is 6. The summed E-state index contributed by atoms with van der Waals surface area (Å²) in [6.07, 6.45) is 4.05. The van der Waals surface area contributed by atoms with Crippen molar-refractivity contribution in [1.29, 1.82) is 0 Å². The van der Waals surface area contributed by atoms with E-state index in [-0.39, 0.29) is 28.9 Å². The van der Waals surface area contributed by atoms with Gasteiger partial charge in [0.25, 0.3) is 5.91 Å². The van der Waals surface area contributed by atoms with Gasteiger partial charge in [0.2, 0.25) is 0 Å². The van der Waals surface area contributed by atoms with Crippen molar-refractivity contribution in [2.24, 2.45) is 23.0 Å². The van der Waals surface area contributed by atoms with E-state index in [1.54, 1.807) is 15.6 Å². The van der Waals surface area contributed by atoms with Crippen LogP contribution in [0.15, 0.2) is 36.7 Å². The molecular weight excluding hydrogens is 494 g/mol. The smallest absolute Gasteiger partial charge is 0.410 e. The number of likely N-dealkylation sites (tertiary alicyclic amines) is 1. The van der Waals surface area contributed by atoms with Crippen LogP contribution in [-0.4, -0.2) is 55.2 Å². The molecule has 11 heteroatoms. The Morgan fingerprint density at radius 1 is 1.27 bits per heavy atom. The van der Waals surface area contributed by atoms with E-state index in [1.165, 1.54) is 0 Å². The molecule has 1 spiro atoms. The third kappa shape index (κ3) is 3.77. The molecule has 6 rings (SSSR count). The maximum atomic E-state index is 12.5. The minimum absolute atomic E-state index is 0.0656. The second-order valence-corrected chi connectivity index (χ2v) is 11.8. The summed E-state index contributed by atoms with van der Waals surface area (Å²) < 4.78 is 9.05. The van der Waals surface area contributed by atoms with Crippen LogP contribution >= 0.6 is 11.6 Å². The molecule has 3 aromatic rings. The van der Waals surface area contributed by atoms with Gasteiger partial charge in [-0.25, -0.2) is 9.48 Å². The van der Waals surface area contributed by atoms with Gasteiger partial charge in [-0.2, -0.15) is 10.2 Å². The van der Waals surface area contributed by atoms with Crippen molar-refractivity contribution in [1.82, 2.24) is 24.5 Å². The molecule has 0 bridgehead atoms. The molecule has 2 amide bonds. The van der Waals surface area contributed by atoms with E-state index in [0.29, 0.717) is 47.8 Å². The predicted molar refractivity (Wildman–Crippen MR) is 138 cm³/mol. The van der Waals surface area contributed by atoms with Gasteiger partial charge in [0.15, 0.2) is 0 Å². The molecule has 2 aromatic heterocycles. The van der Waals surface area contributed by atoms with Crippen LogP contribution in [0, 0.1) is 17.3 Å². The number of benzene rings is 1. The average Bonchev–Trinajstić information content (AvgIpc) is 3.29. The highest BCUT2D eigenvalue weighted by Crippen LogP contribution is 2.79. The minimum Gasteiger partial charge on any atom is -0.444 e. The number of fused-ring (bicyclic) bond motifs is 1. The number of nitrogen functional groups attached to an aromatic ring is 1. The average molecular weight is 524 g/mol. The number of carbonyl (C=O) groups is 2. The minimum atomic E-state index is -0.626. The Morgan fingerprint density at radius 3 is 2.70 bits per heavy atom. The van der Waals surface area contributed by atoms with Crippen molar-refractivity contribution in [2.45, 2.75) is 45.4 Å². The van der Waals surface area contributed by atoms with Crippen LogP contribution in [0.4, 0.5) is 10.6 Å². The van der Waals surface area contributed by atoms with Gasteiger partial charge >= 0.3 is 6.09 Å². The molecule has 194 valence electrons. The molecule has 1 unspecified atom stereocenters. The highest BCUT2D eigenvalue weighted by molar-refractivity contribution is 6.31. The number of piperidine rings is 1. The van der Waals surface area contributed by atoms with Crippen LogP contribution < -0.4 is 11.5 Å². The van der Waals surface area contributed by atoms with Gasteiger partial charge < -0.3 is 21.1 Å². The van der Waals surface area contributed by atoms with E-state index in [9.17, 15) is 9.59 Å². The first kappa shape index (κ1) is 23.8. The third-order valence-corrected chi connectivity index (χ3v) is 8.36. The fourth-order valence-electron chi connectivity index (χ4n) is 6.37. The number of rotatable bonds is 5. The van der Waals surface area contributed by atoms with E-state index in [1.807, 2.05) is 56.1 Å². The van der Waals surface area contributed by atoms with Gasteiger partial charge in [-0.15, -0.1) is 0 Å². The number of halogens is 1. The van der Waals surface area contributed by atoms with Crippen LogP contribution in [0.3, 0.4) is 0 Å². The number of anilines is 1. The zero-order valence-corrected chi connectivity index (χ0v) is 21.8. The van der Waals surface area contributed by atoms with Crippen molar-refractivity contribution >= 4 is 29.4 Å². The summed E-state index contributed by atoms with van der Waals surface area (Å²) in [5.41, 5.74) is 14.0. The van der Waals surface area contributed by atoms with Crippen LogP contribution in [0.1, 0.15) is 49.2 Å². The summed E-state index contributed by atoms with van der Waals surface area (Å²) in [6, 6.07) is 7.64. The van der Waals surface area contributed by atoms with E-state index >= 15 is 0 Å². The number of aromatic nitrogens is 4. The van der Waals surface area contributed by atoms with Gasteiger partial charge in [0.05, 0.1) is 18.8 Å². The summed E-state index contributed by atoms with van der Waals surface area (Å²) in [7, 11) is 0. The van der Waals surface area contributed by atoms with Crippen molar-refractivity contribution in [3.8, 4) is 11.3 Å². The van der Waals surface area contributed by atoms with Crippen LogP contribution in [-0.2, 0) is 11.3 Å². The lowest BCUT2D eigenvalue weighted by atomic mass is 9.80. The first-order chi connectivity index (χ1) is 17.5. The van der Waals surface area contributed by atoms with Crippen molar-refractivity contribution in [3.63, 3.8) is 0 Å². The summed E-state index contributed by atoms with van der Waals surface area (Å²) in [5, 5.41) is 9.86. The molecule has 1 saturated heterocycles. The molecule has 1 aliphatic heterocycles. The molecule has 4 N–H and O–H groups in total. The third-order valence-electron chi connectivity index (χ3n) is 7.99. The maximum Gasteiger partial charge on any atom is 0.410 e. The Labute approximate surface area is 219 Å². The van der Waals surface area contributed by atoms with Crippen LogP contribution in [0.2, 0.25) is 5.02 Å². The number of primary amides is 1. The van der Waals surface area contributed by atoms with Crippen LogP contribution in [0.25, 0.3) is 11.3 Å². The first-order valence-corrected chi connectivity index (χ1v) is 12.8. The summed E-state index contributed by atoms with van der Waals surface area (Å²) in [5.74, 6) is 0.395. The Hall–Kier alpha value is -3.53. The van der Waals surface area contributed by atoms with Crippen molar-refractivity contribution in [3.05, 3.63) is 52.8 Å². The molecule has 3 heterocycles. The largest absolute Gasteiger partial charge is 0.444 e. The Morgan fingerprint density at radius 2 is 2.03 bits per heavy atom. The number of ether oxygens (including phenoxy) is 1. The van der Waals surface area contributed by atoms with Gasteiger partial charge in [-0.3, -0.25) is 9.48 Å². The van der Waals surface area contributed by atoms with E-state index in [2.05, 4.69) is 5.10 Å². The number of carbonyl (C=O) groups excluding carboxylic acids is 2. The van der Waals surface area contributed by atoms with E-state index in [0.717, 1.165) is 12.0 Å². The topological polar surface area (TPSA) is 134 Å². The lowest BCUT2D eigenvalue weighted by Gasteiger charge is -2.37. The standard InChI is InChI=1S/C26H30ClN7O3/c1-25(2,3)37-24(36)32-12-16-20-18(8-26(16,20)13-32)34-22(28)19(23(29)35)21(31-34)15-9-30-33(11-15)10-14-6-4-5-7-17(14)27/h4-7,9,11,16,18,20H,8,10,12-13,28H2,1-3H3,(H2,29,35)/t16?,18-,20-,26+/m1/s1. The lowest BCUT2D eigenvalue weighted by Crippen LogP contribution is -2.42. The normalized spacial score (nSPS) is 25.8. The van der Waals surface area contributed by atoms with Gasteiger partial charge in [0.1, 0.15) is 22.7 Å². The quantitative estimate of drug-likeness (QED) is 0.525. The Balaban J connectivity index is 1.21.